The van der Waals surface area contributed by atoms with Crippen molar-refractivity contribution in [2.75, 3.05) is 24.5 Å². The van der Waals surface area contributed by atoms with E-state index in [1.54, 1.807) is 20.0 Å². The monoisotopic (exact) mass is 330 g/mol. The van der Waals surface area contributed by atoms with Crippen molar-refractivity contribution >= 4 is 11.7 Å². The van der Waals surface area contributed by atoms with Crippen LogP contribution in [0.3, 0.4) is 0 Å². The molecule has 24 heavy (non-hydrogen) atoms. The Labute approximate surface area is 140 Å². The minimum Gasteiger partial charge on any atom is -0.386 e. The number of anilines is 1. The topological polar surface area (TPSA) is 91.5 Å². The fourth-order valence-corrected chi connectivity index (χ4v) is 3.13. The molecule has 2 aromatic rings. The van der Waals surface area contributed by atoms with Gasteiger partial charge in [-0.2, -0.15) is 0 Å². The number of rotatable bonds is 4. The van der Waals surface area contributed by atoms with Crippen LogP contribution in [0.2, 0.25) is 0 Å². The number of nitrogens with zero attached hydrogens (tertiary/aromatic N) is 3. The summed E-state index contributed by atoms with van der Waals surface area (Å²) in [5.74, 6) is 1.05. The number of β-amino-alcohol motifs (C(OH)–C–C–N with tert-alkyl or cyclic N) is 1. The average molecular weight is 330 g/mol. The number of pyridine rings is 1. The molecule has 0 aromatic carbocycles. The molecule has 0 radical (unpaired) electrons. The number of nitrogens with one attached hydrogen (secondary N) is 1. The predicted octanol–water partition coefficient (Wildman–Crippen LogP) is 1.45. The third kappa shape index (κ3) is 3.41. The van der Waals surface area contributed by atoms with Gasteiger partial charge in [0.05, 0.1) is 11.3 Å². The van der Waals surface area contributed by atoms with Crippen LogP contribution in [0, 0.1) is 13.8 Å². The summed E-state index contributed by atoms with van der Waals surface area (Å²) in [6, 6.07) is 5.72. The van der Waals surface area contributed by atoms with Gasteiger partial charge in [-0.05, 0) is 38.8 Å². The summed E-state index contributed by atoms with van der Waals surface area (Å²) in [6.07, 6.45) is 3.22. The molecule has 1 fully saturated rings. The zero-order valence-corrected chi connectivity index (χ0v) is 14.0. The quantitative estimate of drug-likeness (QED) is 0.881. The van der Waals surface area contributed by atoms with Crippen LogP contribution in [-0.4, -0.2) is 46.4 Å². The second-order valence-corrected chi connectivity index (χ2v) is 6.32. The number of piperidine rings is 1. The van der Waals surface area contributed by atoms with Crippen LogP contribution in [0.25, 0.3) is 0 Å². The van der Waals surface area contributed by atoms with E-state index in [9.17, 15) is 9.90 Å². The fraction of sp³-hybridized carbons (Fsp3) is 0.471. The SMILES string of the molecule is Cc1noc(C)c1C(=O)NCC1(O)CCCN(c2ccccn2)C1. The minimum absolute atomic E-state index is 0.180. The molecule has 1 unspecified atom stereocenters. The number of amides is 1. The summed E-state index contributed by atoms with van der Waals surface area (Å²) in [5.41, 5.74) is 0.0106. The molecule has 0 aliphatic carbocycles. The lowest BCUT2D eigenvalue weighted by Gasteiger charge is -2.39. The Bertz CT molecular complexity index is 696. The van der Waals surface area contributed by atoms with Gasteiger partial charge in [0, 0.05) is 25.8 Å². The van der Waals surface area contributed by atoms with Crippen molar-refractivity contribution in [2.24, 2.45) is 0 Å². The van der Waals surface area contributed by atoms with E-state index in [-0.39, 0.29) is 12.5 Å². The predicted molar refractivity (Wildman–Crippen MR) is 88.9 cm³/mol. The lowest BCUT2D eigenvalue weighted by Crippen LogP contribution is -2.54. The number of hydrogen-bond donors (Lipinski definition) is 2. The molecule has 1 atom stereocenters. The first-order valence-corrected chi connectivity index (χ1v) is 8.08. The second-order valence-electron chi connectivity index (χ2n) is 6.32. The van der Waals surface area contributed by atoms with E-state index in [1.165, 1.54) is 0 Å². The van der Waals surface area contributed by atoms with Crippen molar-refractivity contribution < 1.29 is 14.4 Å². The van der Waals surface area contributed by atoms with Crippen LogP contribution in [0.15, 0.2) is 28.9 Å². The first kappa shape index (κ1) is 16.4. The van der Waals surface area contributed by atoms with Gasteiger partial charge in [0.2, 0.25) is 0 Å². The van der Waals surface area contributed by atoms with E-state index in [1.807, 2.05) is 23.1 Å². The molecule has 2 N–H and O–H groups in total. The smallest absolute Gasteiger partial charge is 0.256 e. The van der Waals surface area contributed by atoms with Crippen molar-refractivity contribution in [1.82, 2.24) is 15.5 Å². The van der Waals surface area contributed by atoms with E-state index in [0.717, 1.165) is 18.8 Å². The van der Waals surface area contributed by atoms with Crippen LogP contribution in [-0.2, 0) is 0 Å². The molecule has 2 aromatic heterocycles. The number of aryl methyl sites for hydroxylation is 2. The summed E-state index contributed by atoms with van der Waals surface area (Å²) in [5, 5.41) is 17.5. The minimum atomic E-state index is -0.982. The molecule has 7 nitrogen and oxygen atoms in total. The molecular weight excluding hydrogens is 308 g/mol. The number of hydrogen-bond acceptors (Lipinski definition) is 6. The largest absolute Gasteiger partial charge is 0.386 e. The highest BCUT2D eigenvalue weighted by molar-refractivity contribution is 5.96. The lowest BCUT2D eigenvalue weighted by molar-refractivity contribution is 0.0254. The van der Waals surface area contributed by atoms with Gasteiger partial charge < -0.3 is 19.8 Å². The molecule has 1 aliphatic rings. The molecule has 3 rings (SSSR count). The molecule has 1 saturated heterocycles. The summed E-state index contributed by atoms with van der Waals surface area (Å²) in [7, 11) is 0. The van der Waals surface area contributed by atoms with Gasteiger partial charge in [-0.25, -0.2) is 4.98 Å². The van der Waals surface area contributed by atoms with Crippen LogP contribution in [0.1, 0.15) is 34.7 Å². The maximum Gasteiger partial charge on any atom is 0.256 e. The van der Waals surface area contributed by atoms with Crippen LogP contribution in [0.4, 0.5) is 5.82 Å². The molecule has 0 bridgehead atoms. The van der Waals surface area contributed by atoms with Gasteiger partial charge in [-0.1, -0.05) is 11.2 Å². The summed E-state index contributed by atoms with van der Waals surface area (Å²) in [6.45, 7) is 4.89. The number of aliphatic hydroxyl groups is 1. The Hall–Kier alpha value is -2.41. The number of aromatic nitrogens is 2. The molecule has 0 spiro atoms. The van der Waals surface area contributed by atoms with Crippen molar-refractivity contribution in [2.45, 2.75) is 32.3 Å². The Morgan fingerprint density at radius 3 is 2.96 bits per heavy atom. The van der Waals surface area contributed by atoms with Crippen molar-refractivity contribution in [3.63, 3.8) is 0 Å². The Morgan fingerprint density at radius 1 is 1.46 bits per heavy atom. The summed E-state index contributed by atoms with van der Waals surface area (Å²) >= 11 is 0. The molecule has 3 heterocycles. The number of carbonyl (C=O) groups excluding carboxylic acids is 1. The molecule has 1 amide bonds. The molecular formula is C17H22N4O3. The normalized spacial score (nSPS) is 20.9. The van der Waals surface area contributed by atoms with Crippen molar-refractivity contribution in [1.29, 1.82) is 0 Å². The summed E-state index contributed by atoms with van der Waals surface area (Å²) in [4.78, 5) is 18.7. The lowest BCUT2D eigenvalue weighted by atomic mass is 9.92. The first-order chi connectivity index (χ1) is 11.5. The van der Waals surface area contributed by atoms with Gasteiger partial charge in [0.15, 0.2) is 0 Å². The molecule has 7 heteroatoms. The van der Waals surface area contributed by atoms with Crippen molar-refractivity contribution in [3.05, 3.63) is 41.4 Å². The van der Waals surface area contributed by atoms with E-state index < -0.39 is 5.60 Å². The van der Waals surface area contributed by atoms with Crippen LogP contribution < -0.4 is 10.2 Å². The third-order valence-electron chi connectivity index (χ3n) is 4.37. The first-order valence-electron chi connectivity index (χ1n) is 8.08. The highest BCUT2D eigenvalue weighted by Gasteiger charge is 2.34. The average Bonchev–Trinajstić information content (AvgIpc) is 2.92. The summed E-state index contributed by atoms with van der Waals surface area (Å²) < 4.78 is 5.02. The van der Waals surface area contributed by atoms with Crippen molar-refractivity contribution in [3.8, 4) is 0 Å². The second kappa shape index (κ2) is 6.60. The Balaban J connectivity index is 1.65. The number of carbonyl (C=O) groups is 1. The fourth-order valence-electron chi connectivity index (χ4n) is 3.13. The van der Waals surface area contributed by atoms with Crippen LogP contribution in [0.5, 0.6) is 0 Å². The molecule has 128 valence electrons. The molecule has 1 aliphatic heterocycles. The maximum absolute atomic E-state index is 12.3. The third-order valence-corrected chi connectivity index (χ3v) is 4.37. The van der Waals surface area contributed by atoms with E-state index in [2.05, 4.69) is 15.5 Å². The standard InChI is InChI=1S/C17H22N4O3/c1-12-15(13(2)24-20-12)16(22)19-10-17(23)7-5-9-21(11-17)14-6-3-4-8-18-14/h3-4,6,8,23H,5,7,9-11H2,1-2H3,(H,19,22). The Morgan fingerprint density at radius 2 is 2.29 bits per heavy atom. The highest BCUT2D eigenvalue weighted by Crippen LogP contribution is 2.24. The van der Waals surface area contributed by atoms with Crippen LogP contribution >= 0.6 is 0 Å². The zero-order chi connectivity index (χ0) is 17.2. The maximum atomic E-state index is 12.3. The molecule has 0 saturated carbocycles. The van der Waals surface area contributed by atoms with Gasteiger partial charge in [-0.15, -0.1) is 0 Å². The van der Waals surface area contributed by atoms with E-state index in [0.29, 0.717) is 30.0 Å². The van der Waals surface area contributed by atoms with Gasteiger partial charge in [0.25, 0.3) is 5.91 Å². The zero-order valence-electron chi connectivity index (χ0n) is 14.0. The Kier molecular flexibility index (Phi) is 4.53. The highest BCUT2D eigenvalue weighted by atomic mass is 16.5. The van der Waals surface area contributed by atoms with E-state index in [4.69, 9.17) is 4.52 Å². The van der Waals surface area contributed by atoms with E-state index >= 15 is 0 Å². The van der Waals surface area contributed by atoms with Gasteiger partial charge >= 0.3 is 0 Å². The van der Waals surface area contributed by atoms with Gasteiger partial charge in [-0.3, -0.25) is 4.79 Å². The van der Waals surface area contributed by atoms with Gasteiger partial charge in [0.1, 0.15) is 17.1 Å².